The van der Waals surface area contributed by atoms with Crippen LogP contribution in [0.4, 0.5) is 0 Å². The minimum atomic E-state index is -0.180. The van der Waals surface area contributed by atoms with Gasteiger partial charge in [-0.3, -0.25) is 0 Å². The Hall–Kier alpha value is -6.19. The first-order valence-electron chi connectivity index (χ1n) is 16.8. The van der Waals surface area contributed by atoms with Gasteiger partial charge in [0.05, 0.1) is 0 Å². The van der Waals surface area contributed by atoms with Crippen LogP contribution in [-0.4, -0.2) is 15.0 Å². The Bertz CT molecular complexity index is 2380. The molecule has 0 saturated carbocycles. The lowest BCUT2D eigenvalue weighted by molar-refractivity contribution is 0.666. The number of nitrogens with zero attached hydrogens (tertiary/aromatic N) is 3. The van der Waals surface area contributed by atoms with Crippen molar-refractivity contribution in [3.8, 4) is 67.5 Å². The first-order chi connectivity index (χ1) is 24.0. The van der Waals surface area contributed by atoms with E-state index in [1.165, 1.54) is 44.2 Å². The third-order valence-electron chi connectivity index (χ3n) is 9.94. The van der Waals surface area contributed by atoms with Crippen molar-refractivity contribution in [2.45, 2.75) is 19.3 Å². The summed E-state index contributed by atoms with van der Waals surface area (Å²) in [4.78, 5) is 15.5. The van der Waals surface area contributed by atoms with Gasteiger partial charge in [-0.1, -0.05) is 178 Å². The highest BCUT2D eigenvalue weighted by molar-refractivity contribution is 6.04. The van der Waals surface area contributed by atoms with E-state index in [4.69, 9.17) is 15.0 Å². The van der Waals surface area contributed by atoms with Gasteiger partial charge >= 0.3 is 0 Å². The molecule has 1 aliphatic carbocycles. The van der Waals surface area contributed by atoms with Gasteiger partial charge in [0.1, 0.15) is 0 Å². The summed E-state index contributed by atoms with van der Waals surface area (Å²) in [5.41, 5.74) is 12.6. The second-order valence-electron chi connectivity index (χ2n) is 13.3. The third kappa shape index (κ3) is 4.94. The Labute approximate surface area is 286 Å². The lowest BCUT2D eigenvalue weighted by atomic mass is 9.79. The van der Waals surface area contributed by atoms with E-state index >= 15 is 0 Å². The fraction of sp³-hybridized carbons (Fsp3) is 0.0652. The average Bonchev–Trinajstić information content (AvgIpc) is 3.41. The number of hydrogen-bond donors (Lipinski definition) is 0. The summed E-state index contributed by atoms with van der Waals surface area (Å²) in [5, 5.41) is 2.38. The van der Waals surface area contributed by atoms with Crippen molar-refractivity contribution in [3.63, 3.8) is 0 Å². The Morgan fingerprint density at radius 1 is 0.347 bits per heavy atom. The van der Waals surface area contributed by atoms with Gasteiger partial charge in [0, 0.05) is 22.1 Å². The topological polar surface area (TPSA) is 38.7 Å². The van der Waals surface area contributed by atoms with E-state index in [9.17, 15) is 0 Å². The smallest absolute Gasteiger partial charge is 0.164 e. The van der Waals surface area contributed by atoms with Gasteiger partial charge < -0.3 is 0 Å². The molecule has 1 aromatic heterocycles. The number of rotatable bonds is 5. The van der Waals surface area contributed by atoms with E-state index in [1.807, 2.05) is 12.1 Å². The molecule has 1 heterocycles. The second kappa shape index (κ2) is 11.5. The summed E-state index contributed by atoms with van der Waals surface area (Å²) >= 11 is 0. The quantitative estimate of drug-likeness (QED) is 0.191. The number of aromatic nitrogens is 3. The van der Waals surface area contributed by atoms with Gasteiger partial charge in [-0.2, -0.15) is 0 Å². The second-order valence-corrected chi connectivity index (χ2v) is 13.3. The van der Waals surface area contributed by atoms with Crippen molar-refractivity contribution in [2.24, 2.45) is 0 Å². The van der Waals surface area contributed by atoms with Gasteiger partial charge in [0.15, 0.2) is 17.5 Å². The Morgan fingerprint density at radius 3 is 1.41 bits per heavy atom. The van der Waals surface area contributed by atoms with E-state index in [0.29, 0.717) is 17.5 Å². The first-order valence-corrected chi connectivity index (χ1v) is 16.8. The van der Waals surface area contributed by atoms with Crippen LogP contribution in [-0.2, 0) is 5.41 Å². The van der Waals surface area contributed by atoms with Crippen LogP contribution < -0.4 is 0 Å². The molecule has 0 N–H and O–H groups in total. The molecule has 0 saturated heterocycles. The summed E-state index contributed by atoms with van der Waals surface area (Å²) in [7, 11) is 0. The maximum absolute atomic E-state index is 5.22. The maximum Gasteiger partial charge on any atom is 0.164 e. The molecule has 9 rings (SSSR count). The van der Waals surface area contributed by atoms with Crippen LogP contribution in [0.25, 0.3) is 78.3 Å². The highest BCUT2D eigenvalue weighted by Crippen LogP contribution is 2.52. The maximum atomic E-state index is 5.22. The van der Waals surface area contributed by atoms with E-state index in [2.05, 4.69) is 166 Å². The predicted octanol–water partition coefficient (Wildman–Crippen LogP) is 11.7. The molecule has 0 fully saturated rings. The first kappa shape index (κ1) is 29.0. The van der Waals surface area contributed by atoms with Crippen molar-refractivity contribution < 1.29 is 0 Å². The van der Waals surface area contributed by atoms with Crippen molar-refractivity contribution in [2.75, 3.05) is 0 Å². The molecule has 0 unspecified atom stereocenters. The van der Waals surface area contributed by atoms with Gasteiger partial charge in [-0.25, -0.2) is 15.0 Å². The van der Waals surface area contributed by atoms with Crippen molar-refractivity contribution >= 4 is 10.8 Å². The van der Waals surface area contributed by atoms with E-state index in [0.717, 1.165) is 27.8 Å². The van der Waals surface area contributed by atoms with Crippen molar-refractivity contribution in [1.29, 1.82) is 0 Å². The monoisotopic (exact) mass is 627 g/mol. The molecule has 232 valence electrons. The zero-order valence-electron chi connectivity index (χ0n) is 27.4. The molecule has 3 nitrogen and oxygen atoms in total. The fourth-order valence-electron chi connectivity index (χ4n) is 7.48. The van der Waals surface area contributed by atoms with E-state index in [-0.39, 0.29) is 5.41 Å². The molecule has 3 heteroatoms. The minimum absolute atomic E-state index is 0.180. The summed E-state index contributed by atoms with van der Waals surface area (Å²) in [6, 6.07) is 57.7. The lowest BCUT2D eigenvalue weighted by Gasteiger charge is -2.24. The highest BCUT2D eigenvalue weighted by Gasteiger charge is 2.37. The molecule has 0 amide bonds. The van der Waals surface area contributed by atoms with Gasteiger partial charge in [0.25, 0.3) is 0 Å². The van der Waals surface area contributed by atoms with Crippen LogP contribution in [0, 0.1) is 0 Å². The highest BCUT2D eigenvalue weighted by atomic mass is 15.0. The molecule has 0 bridgehead atoms. The molecule has 1 aliphatic rings. The van der Waals surface area contributed by atoms with Crippen molar-refractivity contribution in [3.05, 3.63) is 175 Å². The molecule has 0 spiro atoms. The summed E-state index contributed by atoms with van der Waals surface area (Å²) in [5.74, 6) is 1.97. The summed E-state index contributed by atoms with van der Waals surface area (Å²) < 4.78 is 0. The Kier molecular flexibility index (Phi) is 6.80. The Balaban J connectivity index is 1.24. The minimum Gasteiger partial charge on any atom is -0.208 e. The van der Waals surface area contributed by atoms with Crippen LogP contribution in [0.5, 0.6) is 0 Å². The van der Waals surface area contributed by atoms with Crippen LogP contribution in [0.15, 0.2) is 164 Å². The zero-order chi connectivity index (χ0) is 33.0. The van der Waals surface area contributed by atoms with E-state index < -0.39 is 0 Å². The van der Waals surface area contributed by atoms with Crippen LogP contribution in [0.3, 0.4) is 0 Å². The van der Waals surface area contributed by atoms with E-state index in [1.54, 1.807) is 0 Å². The lowest BCUT2D eigenvalue weighted by Crippen LogP contribution is -2.16. The SMILES string of the molecule is CC1(C)c2ccccc2-c2ccc3cccc(-c4nc(-c5ccc(-c6ccccc6)cc5)nc(-c5ccc(-c6ccccc6)cc5)n4)c3c21. The van der Waals surface area contributed by atoms with Gasteiger partial charge in [0.2, 0.25) is 0 Å². The largest absolute Gasteiger partial charge is 0.208 e. The molecular formula is C46H33N3. The molecule has 0 atom stereocenters. The normalized spacial score (nSPS) is 12.9. The van der Waals surface area contributed by atoms with Gasteiger partial charge in [-0.15, -0.1) is 0 Å². The van der Waals surface area contributed by atoms with Crippen LogP contribution >= 0.6 is 0 Å². The average molecular weight is 628 g/mol. The molecule has 0 aliphatic heterocycles. The number of benzene rings is 7. The number of fused-ring (bicyclic) bond motifs is 5. The predicted molar refractivity (Wildman–Crippen MR) is 202 cm³/mol. The summed E-state index contributed by atoms with van der Waals surface area (Å²) in [6.45, 7) is 4.67. The third-order valence-corrected chi connectivity index (χ3v) is 9.94. The molecule has 7 aromatic carbocycles. The molecule has 8 aromatic rings. The zero-order valence-corrected chi connectivity index (χ0v) is 27.4. The van der Waals surface area contributed by atoms with Crippen LogP contribution in [0.2, 0.25) is 0 Å². The standard InChI is InChI=1S/C46H33N3/c1-46(2)40-19-10-9-17-37(40)38-29-28-34-16-11-18-39(41(34)42(38)46)45-48-43(35-24-20-32(21-25-35)30-12-5-3-6-13-30)47-44(49-45)36-26-22-33(23-27-36)31-14-7-4-8-15-31/h3-29H,1-2H3. The number of hydrogen-bond acceptors (Lipinski definition) is 3. The fourth-order valence-corrected chi connectivity index (χ4v) is 7.48. The Morgan fingerprint density at radius 2 is 0.816 bits per heavy atom. The van der Waals surface area contributed by atoms with Crippen LogP contribution in [0.1, 0.15) is 25.0 Å². The van der Waals surface area contributed by atoms with Crippen molar-refractivity contribution in [1.82, 2.24) is 15.0 Å². The molecule has 0 radical (unpaired) electrons. The molecule has 49 heavy (non-hydrogen) atoms. The summed E-state index contributed by atoms with van der Waals surface area (Å²) in [6.07, 6.45) is 0. The van der Waals surface area contributed by atoms with Gasteiger partial charge in [-0.05, 0) is 55.3 Å². The molecular weight excluding hydrogens is 595 g/mol.